The van der Waals surface area contributed by atoms with Gasteiger partial charge in [-0.05, 0) is 88.9 Å². The van der Waals surface area contributed by atoms with Crippen molar-refractivity contribution in [3.8, 4) is 11.8 Å². The average Bonchev–Trinajstić information content (AvgIpc) is 2.60. The highest BCUT2D eigenvalue weighted by Crippen LogP contribution is 2.32. The molecule has 0 radical (unpaired) electrons. The van der Waals surface area contributed by atoms with Gasteiger partial charge >= 0.3 is 0 Å². The maximum Gasteiger partial charge on any atom is 0.184 e. The summed E-state index contributed by atoms with van der Waals surface area (Å²) >= 11 is 0. The highest BCUT2D eigenvalue weighted by Gasteiger charge is 2.25. The van der Waals surface area contributed by atoms with Crippen LogP contribution in [0.4, 0.5) is 0 Å². The third-order valence-electron chi connectivity index (χ3n) is 6.04. The van der Waals surface area contributed by atoms with Gasteiger partial charge in [0.15, 0.2) is 8.32 Å². The maximum absolute atomic E-state index is 6.25. The van der Waals surface area contributed by atoms with Crippen LogP contribution >= 0.6 is 0 Å². The molecular weight excluding hydrogens is 332 g/mol. The van der Waals surface area contributed by atoms with E-state index >= 15 is 0 Å². The minimum atomic E-state index is -1.38. The molecule has 2 fully saturated rings. The molecule has 2 heteroatoms. The van der Waals surface area contributed by atoms with Crippen LogP contribution in [0.25, 0.3) is 0 Å². The Hall–Kier alpha value is -0.523. The Kier molecular flexibility index (Phi) is 9.50. The summed E-state index contributed by atoms with van der Waals surface area (Å²) in [4.78, 5) is 0. The lowest BCUT2D eigenvalue weighted by Gasteiger charge is -2.31. The second-order valence-electron chi connectivity index (χ2n) is 9.63. The zero-order valence-electron chi connectivity index (χ0n) is 17.9. The predicted molar refractivity (Wildman–Crippen MR) is 117 cm³/mol. The van der Waals surface area contributed by atoms with Crippen molar-refractivity contribution in [2.75, 3.05) is 0 Å². The normalized spacial score (nSPS) is 30.2. The Morgan fingerprint density at radius 2 is 1.62 bits per heavy atom. The Labute approximate surface area is 164 Å². The zero-order chi connectivity index (χ0) is 18.8. The molecule has 0 aliphatic heterocycles. The molecule has 0 atom stereocenters. The van der Waals surface area contributed by atoms with Crippen molar-refractivity contribution in [1.29, 1.82) is 0 Å². The third kappa shape index (κ3) is 8.91. The fraction of sp³-hybridized carbons (Fsp3) is 0.833. The molecule has 0 bridgehead atoms. The third-order valence-corrected chi connectivity index (χ3v) is 7.08. The molecule has 2 saturated carbocycles. The van der Waals surface area contributed by atoms with Crippen LogP contribution in [0.3, 0.4) is 0 Å². The fourth-order valence-corrected chi connectivity index (χ4v) is 5.76. The van der Waals surface area contributed by atoms with E-state index in [9.17, 15) is 0 Å². The van der Waals surface area contributed by atoms with E-state index in [0.717, 1.165) is 11.8 Å². The molecule has 0 aromatic carbocycles. The molecule has 0 N–H and O–H groups in total. The summed E-state index contributed by atoms with van der Waals surface area (Å²) in [7, 11) is -1.38. The quantitative estimate of drug-likeness (QED) is 0.257. The Balaban J connectivity index is 1.62. The summed E-state index contributed by atoms with van der Waals surface area (Å²) in [5.74, 6) is 9.25. The first-order valence-electron chi connectivity index (χ1n) is 11.3. The molecule has 2 aliphatic rings. The second kappa shape index (κ2) is 11.3. The summed E-state index contributed by atoms with van der Waals surface area (Å²) in [5.41, 5.74) is 0. The number of hydrogen-bond acceptors (Lipinski definition) is 1. The predicted octanol–water partition coefficient (Wildman–Crippen LogP) is 7.34. The van der Waals surface area contributed by atoms with E-state index in [1.165, 1.54) is 77.0 Å². The van der Waals surface area contributed by atoms with E-state index in [1.54, 1.807) is 0 Å². The molecule has 1 nitrogen and oxygen atoms in total. The van der Waals surface area contributed by atoms with Crippen LogP contribution in [-0.4, -0.2) is 14.4 Å². The molecule has 26 heavy (non-hydrogen) atoms. The maximum atomic E-state index is 6.25. The summed E-state index contributed by atoms with van der Waals surface area (Å²) in [6.07, 6.45) is 21.2. The Morgan fingerprint density at radius 1 is 0.923 bits per heavy atom. The average molecular weight is 375 g/mol. The van der Waals surface area contributed by atoms with Crippen LogP contribution in [0.2, 0.25) is 19.6 Å². The summed E-state index contributed by atoms with van der Waals surface area (Å²) in [5, 5.41) is 0. The minimum absolute atomic E-state index is 0.503. The number of allylic oxidation sites excluding steroid dienone is 2. The molecular formula is C24H42OSi. The molecule has 0 saturated heterocycles. The van der Waals surface area contributed by atoms with E-state index in [-0.39, 0.29) is 0 Å². The first-order valence-corrected chi connectivity index (χ1v) is 14.7. The summed E-state index contributed by atoms with van der Waals surface area (Å²) in [6, 6.07) is 0. The zero-order valence-corrected chi connectivity index (χ0v) is 18.9. The first kappa shape index (κ1) is 21.8. The van der Waals surface area contributed by atoms with Gasteiger partial charge in [-0.1, -0.05) is 50.5 Å². The SMILES string of the molecule is CCCCCC1CCC(C=CC#CC2CCC(O[Si](C)(C)C)CC2)CC1. The van der Waals surface area contributed by atoms with E-state index < -0.39 is 8.32 Å². The van der Waals surface area contributed by atoms with Crippen molar-refractivity contribution in [3.05, 3.63) is 12.2 Å². The molecule has 2 aliphatic carbocycles. The minimum Gasteiger partial charge on any atom is -0.415 e. The van der Waals surface area contributed by atoms with Gasteiger partial charge in [0.25, 0.3) is 0 Å². The van der Waals surface area contributed by atoms with Crippen molar-refractivity contribution in [2.24, 2.45) is 17.8 Å². The van der Waals surface area contributed by atoms with Crippen molar-refractivity contribution in [1.82, 2.24) is 0 Å². The van der Waals surface area contributed by atoms with Gasteiger partial charge in [-0.3, -0.25) is 0 Å². The molecule has 0 heterocycles. The van der Waals surface area contributed by atoms with Crippen LogP contribution in [-0.2, 0) is 4.43 Å². The lowest BCUT2D eigenvalue weighted by molar-refractivity contribution is 0.136. The highest BCUT2D eigenvalue weighted by molar-refractivity contribution is 6.69. The molecule has 2 rings (SSSR count). The van der Waals surface area contributed by atoms with Crippen molar-refractivity contribution in [2.45, 2.75) is 110 Å². The number of hydrogen-bond donors (Lipinski definition) is 0. The lowest BCUT2D eigenvalue weighted by Crippen LogP contribution is -2.34. The van der Waals surface area contributed by atoms with Crippen LogP contribution in [0.1, 0.15) is 84.0 Å². The van der Waals surface area contributed by atoms with Crippen molar-refractivity contribution >= 4 is 8.32 Å². The van der Waals surface area contributed by atoms with Crippen LogP contribution < -0.4 is 0 Å². The Bertz CT molecular complexity index is 463. The van der Waals surface area contributed by atoms with Gasteiger partial charge in [-0.25, -0.2) is 0 Å². The van der Waals surface area contributed by atoms with Crippen molar-refractivity contribution < 1.29 is 4.43 Å². The van der Waals surface area contributed by atoms with E-state index in [2.05, 4.69) is 50.6 Å². The van der Waals surface area contributed by atoms with E-state index in [1.807, 2.05) is 0 Å². The molecule has 0 aromatic rings. The Morgan fingerprint density at radius 3 is 2.23 bits per heavy atom. The van der Waals surface area contributed by atoms with Gasteiger partial charge in [0, 0.05) is 12.0 Å². The second-order valence-corrected chi connectivity index (χ2v) is 14.1. The number of unbranched alkanes of at least 4 members (excludes halogenated alkanes) is 2. The van der Waals surface area contributed by atoms with Gasteiger partial charge in [0.05, 0.1) is 0 Å². The van der Waals surface area contributed by atoms with Gasteiger partial charge in [0.1, 0.15) is 0 Å². The highest BCUT2D eigenvalue weighted by atomic mass is 28.4. The van der Waals surface area contributed by atoms with E-state index in [4.69, 9.17) is 4.43 Å². The standard InChI is InChI=1S/C24H42OSi/c1-5-6-7-10-21-13-15-22(16-14-21)11-8-9-12-23-17-19-24(20-18-23)25-26(2,3)4/h8,11,21-24H,5-7,10,13-20H2,1-4H3. The monoisotopic (exact) mass is 374 g/mol. The lowest BCUT2D eigenvalue weighted by atomic mass is 9.79. The van der Waals surface area contributed by atoms with Crippen LogP contribution in [0.15, 0.2) is 12.2 Å². The largest absolute Gasteiger partial charge is 0.415 e. The molecule has 0 spiro atoms. The molecule has 0 aromatic heterocycles. The molecule has 148 valence electrons. The summed E-state index contributed by atoms with van der Waals surface area (Å²) in [6.45, 7) is 9.18. The molecule has 0 amide bonds. The van der Waals surface area contributed by atoms with Gasteiger partial charge in [0.2, 0.25) is 0 Å². The van der Waals surface area contributed by atoms with Gasteiger partial charge in [-0.15, -0.1) is 0 Å². The van der Waals surface area contributed by atoms with Gasteiger partial charge in [-0.2, -0.15) is 0 Å². The molecule has 0 unspecified atom stereocenters. The smallest absolute Gasteiger partial charge is 0.184 e. The van der Waals surface area contributed by atoms with Gasteiger partial charge < -0.3 is 4.43 Å². The van der Waals surface area contributed by atoms with E-state index in [0.29, 0.717) is 12.0 Å². The summed E-state index contributed by atoms with van der Waals surface area (Å²) < 4.78 is 6.25. The van der Waals surface area contributed by atoms with Crippen LogP contribution in [0.5, 0.6) is 0 Å². The van der Waals surface area contributed by atoms with Crippen molar-refractivity contribution in [3.63, 3.8) is 0 Å². The van der Waals surface area contributed by atoms with Crippen LogP contribution in [0, 0.1) is 29.6 Å². The fourth-order valence-electron chi connectivity index (χ4n) is 4.53. The topological polar surface area (TPSA) is 9.23 Å². The first-order chi connectivity index (χ1) is 12.5. The number of rotatable bonds is 7.